The minimum absolute atomic E-state index is 0.254. The number of fused-ring (bicyclic) bond motifs is 5. The molecule has 0 radical (unpaired) electrons. The van der Waals surface area contributed by atoms with Gasteiger partial charge in [-0.3, -0.25) is 0 Å². The zero-order chi connectivity index (χ0) is 75.1. The van der Waals surface area contributed by atoms with E-state index in [4.69, 9.17) is 65.0 Å². The Hall–Kier alpha value is -12.6. The molecular formula is C86H66O18S4. The third kappa shape index (κ3) is 15.4. The molecule has 1 aliphatic rings. The molecule has 0 saturated heterocycles. The molecule has 108 heavy (non-hydrogen) atoms. The number of benzene rings is 8. The highest BCUT2D eigenvalue weighted by Crippen LogP contribution is 2.47. The topological polar surface area (TPSA) is 213 Å². The van der Waals surface area contributed by atoms with Crippen LogP contribution < -0.4 is 69.9 Å². The second-order valence-corrected chi connectivity index (χ2v) is 28.4. The molecule has 22 heteroatoms. The highest BCUT2D eigenvalue weighted by Gasteiger charge is 2.21. The molecule has 9 heterocycles. The van der Waals surface area contributed by atoms with E-state index in [0.29, 0.717) is 62.6 Å². The zero-order valence-corrected chi connectivity index (χ0v) is 62.8. The smallest absolute Gasteiger partial charge is 0.336 e. The van der Waals surface area contributed by atoms with Crippen LogP contribution in [0.1, 0.15) is 5.56 Å². The lowest BCUT2D eigenvalue weighted by atomic mass is 10.1. The van der Waals surface area contributed by atoms with Crippen molar-refractivity contribution in [3.8, 4) is 141 Å². The van der Waals surface area contributed by atoms with Crippen molar-refractivity contribution in [2.75, 3.05) is 63.7 Å². The minimum atomic E-state index is -0.409. The Bertz CT molecular complexity index is 6220. The first-order valence-corrected chi connectivity index (χ1v) is 36.7. The Balaban J connectivity index is 0.000000121. The number of aryl methyl sites for hydroxylation is 1. The fraction of sp³-hybridized carbons (Fsp3) is 0.116. The second kappa shape index (κ2) is 32.0. The van der Waals surface area contributed by atoms with Crippen LogP contribution in [0.25, 0.3) is 127 Å². The number of hydrogen-bond donors (Lipinski definition) is 0. The Morgan fingerprint density at radius 1 is 0.278 bits per heavy atom. The molecule has 8 aromatic carbocycles. The van der Waals surface area contributed by atoms with Gasteiger partial charge in [-0.2, -0.15) is 0 Å². The lowest BCUT2D eigenvalue weighted by Gasteiger charge is -2.13. The number of para-hydroxylation sites is 1. The predicted octanol–water partition coefficient (Wildman–Crippen LogP) is 20.9. The molecule has 0 unspecified atom stereocenters. The summed E-state index contributed by atoms with van der Waals surface area (Å²) in [4.78, 5) is 56.5. The maximum absolute atomic E-state index is 12.1. The van der Waals surface area contributed by atoms with E-state index < -0.39 is 5.63 Å². The van der Waals surface area contributed by atoms with Crippen LogP contribution >= 0.6 is 45.3 Å². The Morgan fingerprint density at radius 3 is 1.01 bits per heavy atom. The molecule has 542 valence electrons. The normalized spacial score (nSPS) is 11.3. The molecule has 0 spiro atoms. The highest BCUT2D eigenvalue weighted by atomic mass is 32.1. The van der Waals surface area contributed by atoms with Crippen LogP contribution in [-0.2, 0) is 0 Å². The molecule has 16 aromatic rings. The highest BCUT2D eigenvalue weighted by molar-refractivity contribution is 7.20. The first kappa shape index (κ1) is 72.3. The summed E-state index contributed by atoms with van der Waals surface area (Å²) < 4.78 is 74.9. The number of rotatable bonds is 16. The molecule has 1 aliphatic heterocycles. The van der Waals surface area contributed by atoms with Crippen molar-refractivity contribution in [2.24, 2.45) is 0 Å². The van der Waals surface area contributed by atoms with Crippen LogP contribution in [0.4, 0.5) is 0 Å². The SMILES string of the molecule is COc1ccc2c(-c3ccc(-c4cc(OC)c(OC)c(OC)c4)s3)cc(=O)oc2c1.COc1ccc2c(-c3ccc(-c4ccc(C)cc4)s3)cc(=O)oc2c1.COc1ccc2c(-c3ccc(-c4ccc5c(c4)OCO5)s3)cc(=O)oc2c1.COc1ccc2c(-c3ccc(-c4ccccc4OC)s3)cc(=O)oc2c1. The van der Waals surface area contributed by atoms with Crippen LogP contribution in [0, 0.1) is 6.92 Å². The summed E-state index contributed by atoms with van der Waals surface area (Å²) in [6, 6.07) is 70.4. The van der Waals surface area contributed by atoms with Crippen molar-refractivity contribution < 1.29 is 65.0 Å². The fourth-order valence-corrected chi connectivity index (χ4v) is 16.4. The van der Waals surface area contributed by atoms with Crippen LogP contribution in [0.5, 0.6) is 57.5 Å². The molecule has 0 bridgehead atoms. The summed E-state index contributed by atoms with van der Waals surface area (Å²) in [5.41, 5.74) is 9.32. The van der Waals surface area contributed by atoms with Crippen LogP contribution in [0.2, 0.25) is 0 Å². The lowest BCUT2D eigenvalue weighted by molar-refractivity contribution is 0.174. The van der Waals surface area contributed by atoms with Crippen LogP contribution in [-0.4, -0.2) is 63.7 Å². The van der Waals surface area contributed by atoms with Gasteiger partial charge in [0.2, 0.25) is 12.5 Å². The van der Waals surface area contributed by atoms with Gasteiger partial charge < -0.3 is 65.0 Å². The van der Waals surface area contributed by atoms with Gasteiger partial charge in [-0.1, -0.05) is 42.0 Å². The van der Waals surface area contributed by atoms with E-state index in [-0.39, 0.29) is 23.7 Å². The number of thiophene rings is 4. The van der Waals surface area contributed by atoms with Crippen molar-refractivity contribution in [3.05, 3.63) is 272 Å². The molecular weight excluding hydrogens is 1450 g/mol. The summed E-state index contributed by atoms with van der Waals surface area (Å²) >= 11 is 6.45. The van der Waals surface area contributed by atoms with Gasteiger partial charge >= 0.3 is 22.5 Å². The predicted molar refractivity (Wildman–Crippen MR) is 428 cm³/mol. The van der Waals surface area contributed by atoms with Crippen molar-refractivity contribution in [3.63, 3.8) is 0 Å². The average Bonchev–Trinajstić information content (AvgIpc) is 1.46. The summed E-state index contributed by atoms with van der Waals surface area (Å²) in [7, 11) is 12.8. The van der Waals surface area contributed by atoms with Crippen molar-refractivity contribution in [2.45, 2.75) is 6.92 Å². The van der Waals surface area contributed by atoms with Crippen molar-refractivity contribution in [1.29, 1.82) is 0 Å². The molecule has 0 atom stereocenters. The average molecular weight is 1520 g/mol. The van der Waals surface area contributed by atoms with Gasteiger partial charge in [0.15, 0.2) is 23.0 Å². The number of methoxy groups -OCH3 is 8. The molecule has 0 saturated carbocycles. The van der Waals surface area contributed by atoms with Gasteiger partial charge in [0.1, 0.15) is 51.1 Å². The second-order valence-electron chi connectivity index (χ2n) is 24.1. The fourth-order valence-electron chi connectivity index (χ4n) is 12.3. The largest absolute Gasteiger partial charge is 0.497 e. The van der Waals surface area contributed by atoms with Gasteiger partial charge in [-0.25, -0.2) is 19.2 Å². The molecule has 0 fully saturated rings. The quantitative estimate of drug-likeness (QED) is 0.0822. The van der Waals surface area contributed by atoms with E-state index in [2.05, 4.69) is 43.3 Å². The Kier molecular flexibility index (Phi) is 21.4. The number of ether oxygens (including phenoxy) is 10. The minimum Gasteiger partial charge on any atom is -0.497 e. The van der Waals surface area contributed by atoms with Crippen molar-refractivity contribution in [1.82, 2.24) is 0 Å². The van der Waals surface area contributed by atoms with Gasteiger partial charge in [-0.15, -0.1) is 45.3 Å². The summed E-state index contributed by atoms with van der Waals surface area (Å²) in [6.45, 7) is 2.33. The number of hydrogen-bond acceptors (Lipinski definition) is 22. The Morgan fingerprint density at radius 2 is 0.620 bits per heavy atom. The maximum Gasteiger partial charge on any atom is 0.336 e. The van der Waals surface area contributed by atoms with Gasteiger partial charge in [0, 0.05) is 137 Å². The van der Waals surface area contributed by atoms with Crippen LogP contribution in [0.15, 0.2) is 261 Å². The zero-order valence-electron chi connectivity index (χ0n) is 59.6. The molecule has 8 aromatic heterocycles. The summed E-state index contributed by atoms with van der Waals surface area (Å²) in [5, 5.41) is 3.49. The monoisotopic (exact) mass is 1510 g/mol. The lowest BCUT2D eigenvalue weighted by Crippen LogP contribution is -1.97. The first-order chi connectivity index (χ1) is 52.6. The third-order valence-electron chi connectivity index (χ3n) is 17.6. The van der Waals surface area contributed by atoms with E-state index in [9.17, 15) is 19.2 Å². The standard InChI is InChI=1S/C23H20O6S.C21H14O5S.C21H16O4S.C21H16O3S/c1-25-14-5-6-15-16(12-22(24)29-17(15)11-14)21-8-7-20(30-21)13-9-18(26-2)23(28-4)19(10-13)27-3;1-23-13-3-4-14-15(10-21(22)26-17(14)9-13)20-7-6-19(27-20)12-2-5-16-18(8-12)25-11-24-16;1-23-13-7-8-14-16(12-21(22)25-18(14)11-13)20-10-9-19(26-20)15-5-3-4-6-17(15)24-2;1-13-3-5-14(6-4-13)19-9-10-20(25-19)17-12-21(22)24-18-11-15(23-2)7-8-16(17)18/h5-12H,1-4H3;2-10H,11H2,1H3;3-12H,1-2H3;3-12H,1-2H3. The summed E-state index contributed by atoms with van der Waals surface area (Å²) in [6.07, 6.45) is 0. The van der Waals surface area contributed by atoms with E-state index in [0.717, 1.165) is 112 Å². The Labute approximate surface area is 633 Å². The molecule has 18 nitrogen and oxygen atoms in total. The van der Waals surface area contributed by atoms with E-state index in [1.807, 2.05) is 140 Å². The summed E-state index contributed by atoms with van der Waals surface area (Å²) in [5.74, 6) is 6.64. The molecule has 0 N–H and O–H groups in total. The molecule has 0 aliphatic carbocycles. The van der Waals surface area contributed by atoms with E-state index in [1.54, 1.807) is 133 Å². The van der Waals surface area contributed by atoms with Gasteiger partial charge in [0.05, 0.1) is 56.9 Å². The van der Waals surface area contributed by atoms with Crippen LogP contribution in [0.3, 0.4) is 0 Å². The first-order valence-electron chi connectivity index (χ1n) is 33.4. The maximum atomic E-state index is 12.1. The molecule has 17 rings (SSSR count). The molecule has 0 amide bonds. The van der Waals surface area contributed by atoms with Gasteiger partial charge in [0.25, 0.3) is 0 Å². The van der Waals surface area contributed by atoms with E-state index >= 15 is 0 Å². The van der Waals surface area contributed by atoms with Crippen molar-refractivity contribution >= 4 is 89.2 Å². The third-order valence-corrected chi connectivity index (χ3v) is 22.3. The van der Waals surface area contributed by atoms with Gasteiger partial charge in [-0.05, 0) is 163 Å². The van der Waals surface area contributed by atoms with E-state index in [1.165, 1.54) is 34.2 Å².